The number of hydrogen-bond donors (Lipinski definition) is 3. The van der Waals surface area contributed by atoms with Crippen LogP contribution in [0.15, 0.2) is 24.3 Å². The van der Waals surface area contributed by atoms with Crippen LogP contribution in [0, 0.1) is 0 Å². The Morgan fingerprint density at radius 1 is 1.12 bits per heavy atom. The standard InChI is InChI=1S/C16H20F3N3O2.ClH/c17-16(18,19)13-4-2-1-3-12(13)15(24)21-9-14(23)22-11-7-5-10(20)6-8-11;/h1-4,10-11H,5-9,20H2,(H,21,24)(H,22,23);1H. The molecule has 0 spiro atoms. The molecular weight excluding hydrogens is 359 g/mol. The van der Waals surface area contributed by atoms with Gasteiger partial charge in [0.1, 0.15) is 0 Å². The van der Waals surface area contributed by atoms with Gasteiger partial charge in [-0.2, -0.15) is 13.2 Å². The predicted octanol–water partition coefficient (Wildman–Crippen LogP) is 2.24. The summed E-state index contributed by atoms with van der Waals surface area (Å²) in [5.41, 5.74) is 4.26. The van der Waals surface area contributed by atoms with Crippen LogP contribution in [0.3, 0.4) is 0 Å². The van der Waals surface area contributed by atoms with Crippen molar-refractivity contribution in [2.24, 2.45) is 5.73 Å². The van der Waals surface area contributed by atoms with Crippen molar-refractivity contribution in [3.8, 4) is 0 Å². The summed E-state index contributed by atoms with van der Waals surface area (Å²) >= 11 is 0. The highest BCUT2D eigenvalue weighted by Gasteiger charge is 2.34. The molecular formula is C16H21ClF3N3O2. The van der Waals surface area contributed by atoms with Gasteiger partial charge < -0.3 is 16.4 Å². The molecule has 1 aromatic carbocycles. The van der Waals surface area contributed by atoms with E-state index in [0.29, 0.717) is 0 Å². The van der Waals surface area contributed by atoms with Crippen molar-refractivity contribution in [2.75, 3.05) is 6.54 Å². The van der Waals surface area contributed by atoms with E-state index in [-0.39, 0.29) is 31.0 Å². The number of nitrogens with one attached hydrogen (secondary N) is 2. The first kappa shape index (κ1) is 21.2. The van der Waals surface area contributed by atoms with Gasteiger partial charge in [-0.15, -0.1) is 12.4 Å². The van der Waals surface area contributed by atoms with E-state index in [1.165, 1.54) is 12.1 Å². The van der Waals surface area contributed by atoms with Crippen molar-refractivity contribution in [3.05, 3.63) is 35.4 Å². The molecule has 1 aliphatic carbocycles. The second-order valence-electron chi connectivity index (χ2n) is 5.91. The lowest BCUT2D eigenvalue weighted by Crippen LogP contribution is -2.44. The van der Waals surface area contributed by atoms with Crippen LogP contribution in [-0.4, -0.2) is 30.4 Å². The lowest BCUT2D eigenvalue weighted by Gasteiger charge is -2.26. The average molecular weight is 380 g/mol. The number of nitrogens with two attached hydrogens (primary N) is 1. The van der Waals surface area contributed by atoms with Crippen LogP contribution in [0.1, 0.15) is 41.6 Å². The number of hydrogen-bond acceptors (Lipinski definition) is 3. The minimum atomic E-state index is -4.63. The molecule has 140 valence electrons. The smallest absolute Gasteiger partial charge is 0.352 e. The molecule has 0 radical (unpaired) electrons. The molecule has 0 aliphatic heterocycles. The zero-order valence-electron chi connectivity index (χ0n) is 13.4. The Morgan fingerprint density at radius 2 is 1.72 bits per heavy atom. The maximum Gasteiger partial charge on any atom is 0.417 e. The van der Waals surface area contributed by atoms with Gasteiger partial charge in [-0.3, -0.25) is 9.59 Å². The number of rotatable bonds is 4. The van der Waals surface area contributed by atoms with Crippen molar-refractivity contribution in [1.82, 2.24) is 10.6 Å². The zero-order chi connectivity index (χ0) is 17.7. The number of alkyl halides is 3. The largest absolute Gasteiger partial charge is 0.417 e. The molecule has 0 aromatic heterocycles. The quantitative estimate of drug-likeness (QED) is 0.750. The molecule has 0 unspecified atom stereocenters. The number of halogens is 4. The Balaban J connectivity index is 0.00000312. The van der Waals surface area contributed by atoms with Crippen molar-refractivity contribution < 1.29 is 22.8 Å². The van der Waals surface area contributed by atoms with Gasteiger partial charge in [0.25, 0.3) is 5.91 Å². The van der Waals surface area contributed by atoms with Crippen molar-refractivity contribution in [2.45, 2.75) is 43.9 Å². The molecule has 2 rings (SSSR count). The van der Waals surface area contributed by atoms with Gasteiger partial charge in [-0.1, -0.05) is 12.1 Å². The summed E-state index contributed by atoms with van der Waals surface area (Å²) < 4.78 is 38.6. The van der Waals surface area contributed by atoms with E-state index in [9.17, 15) is 22.8 Å². The minimum Gasteiger partial charge on any atom is -0.352 e. The lowest BCUT2D eigenvalue weighted by atomic mass is 9.92. The highest BCUT2D eigenvalue weighted by atomic mass is 35.5. The van der Waals surface area contributed by atoms with Gasteiger partial charge in [-0.05, 0) is 37.8 Å². The molecule has 25 heavy (non-hydrogen) atoms. The van der Waals surface area contributed by atoms with E-state index < -0.39 is 29.1 Å². The second-order valence-corrected chi connectivity index (χ2v) is 5.91. The van der Waals surface area contributed by atoms with Gasteiger partial charge in [-0.25, -0.2) is 0 Å². The van der Waals surface area contributed by atoms with E-state index in [1.807, 2.05) is 0 Å². The Kier molecular flexibility index (Phi) is 7.69. The topological polar surface area (TPSA) is 84.2 Å². The third-order valence-corrected chi connectivity index (χ3v) is 4.02. The van der Waals surface area contributed by atoms with Gasteiger partial charge >= 0.3 is 6.18 Å². The monoisotopic (exact) mass is 379 g/mol. The minimum absolute atomic E-state index is 0. The first-order chi connectivity index (χ1) is 11.3. The molecule has 0 saturated heterocycles. The van der Waals surface area contributed by atoms with Gasteiger partial charge in [0.05, 0.1) is 17.7 Å². The first-order valence-corrected chi connectivity index (χ1v) is 7.76. The Bertz CT molecular complexity index is 603. The normalized spacial score (nSPS) is 20.3. The number of carbonyl (C=O) groups excluding carboxylic acids is 2. The third kappa shape index (κ3) is 6.21. The average Bonchev–Trinajstić information content (AvgIpc) is 2.54. The zero-order valence-corrected chi connectivity index (χ0v) is 14.3. The maximum atomic E-state index is 12.9. The van der Waals surface area contributed by atoms with Crippen LogP contribution in [0.25, 0.3) is 0 Å². The molecule has 0 atom stereocenters. The van der Waals surface area contributed by atoms with E-state index in [4.69, 9.17) is 5.73 Å². The third-order valence-electron chi connectivity index (χ3n) is 4.02. The fraction of sp³-hybridized carbons (Fsp3) is 0.500. The highest BCUT2D eigenvalue weighted by molar-refractivity contribution is 5.97. The van der Waals surface area contributed by atoms with Crippen LogP contribution >= 0.6 is 12.4 Å². The number of carbonyl (C=O) groups is 2. The summed E-state index contributed by atoms with van der Waals surface area (Å²) in [5, 5.41) is 4.99. The summed E-state index contributed by atoms with van der Waals surface area (Å²) in [6.07, 6.45) is -1.47. The molecule has 1 fully saturated rings. The summed E-state index contributed by atoms with van der Waals surface area (Å²) in [5.74, 6) is -1.35. The van der Waals surface area contributed by atoms with Crippen LogP contribution in [0.4, 0.5) is 13.2 Å². The molecule has 0 bridgehead atoms. The maximum absolute atomic E-state index is 12.9. The second kappa shape index (κ2) is 9.05. The van der Waals surface area contributed by atoms with Crippen LogP contribution < -0.4 is 16.4 Å². The summed E-state index contributed by atoms with van der Waals surface area (Å²) in [6, 6.07) is 4.61. The Labute approximate surface area is 149 Å². The molecule has 0 heterocycles. The van der Waals surface area contributed by atoms with Crippen molar-refractivity contribution in [3.63, 3.8) is 0 Å². The van der Waals surface area contributed by atoms with Gasteiger partial charge in [0, 0.05) is 12.1 Å². The van der Waals surface area contributed by atoms with E-state index in [0.717, 1.165) is 37.8 Å². The van der Waals surface area contributed by atoms with Crippen molar-refractivity contribution in [1.29, 1.82) is 0 Å². The predicted molar refractivity (Wildman–Crippen MR) is 89.4 cm³/mol. The molecule has 1 aliphatic rings. The van der Waals surface area contributed by atoms with E-state index in [2.05, 4.69) is 10.6 Å². The van der Waals surface area contributed by atoms with Gasteiger partial charge in [0.15, 0.2) is 0 Å². The fourth-order valence-electron chi connectivity index (χ4n) is 2.73. The van der Waals surface area contributed by atoms with Crippen molar-refractivity contribution >= 4 is 24.2 Å². The number of benzene rings is 1. The highest BCUT2D eigenvalue weighted by Crippen LogP contribution is 2.31. The van der Waals surface area contributed by atoms with Crippen LogP contribution in [-0.2, 0) is 11.0 Å². The molecule has 4 N–H and O–H groups in total. The number of amides is 2. The molecule has 9 heteroatoms. The first-order valence-electron chi connectivity index (χ1n) is 7.76. The summed E-state index contributed by atoms with van der Waals surface area (Å²) in [4.78, 5) is 23.8. The van der Waals surface area contributed by atoms with E-state index >= 15 is 0 Å². The molecule has 1 saturated carbocycles. The molecule has 5 nitrogen and oxygen atoms in total. The van der Waals surface area contributed by atoms with Crippen LogP contribution in [0.5, 0.6) is 0 Å². The SMILES string of the molecule is Cl.NC1CCC(NC(=O)CNC(=O)c2ccccc2C(F)(F)F)CC1. The van der Waals surface area contributed by atoms with Crippen LogP contribution in [0.2, 0.25) is 0 Å². The Hall–Kier alpha value is -1.80. The fourth-order valence-corrected chi connectivity index (χ4v) is 2.73. The van der Waals surface area contributed by atoms with E-state index in [1.54, 1.807) is 0 Å². The molecule has 1 aromatic rings. The Morgan fingerprint density at radius 3 is 2.32 bits per heavy atom. The van der Waals surface area contributed by atoms with Gasteiger partial charge in [0.2, 0.25) is 5.91 Å². The summed E-state index contributed by atoms with van der Waals surface area (Å²) in [6.45, 7) is -0.367. The lowest BCUT2D eigenvalue weighted by molar-refractivity contribution is -0.137. The summed E-state index contributed by atoms with van der Waals surface area (Å²) in [7, 11) is 0. The molecule has 2 amide bonds.